The Hall–Kier alpha value is -3.08. The molecule has 0 aliphatic carbocycles. The maximum atomic E-state index is 11.5. The molecule has 0 spiro atoms. The van der Waals surface area contributed by atoms with E-state index in [4.69, 9.17) is 0 Å². The third kappa shape index (κ3) is 3.33. The number of anilines is 2. The van der Waals surface area contributed by atoms with Crippen LogP contribution in [0.2, 0.25) is 0 Å². The van der Waals surface area contributed by atoms with Crippen LogP contribution in [0, 0.1) is 13.8 Å². The van der Waals surface area contributed by atoms with Gasteiger partial charge in [0.1, 0.15) is 0 Å². The van der Waals surface area contributed by atoms with Crippen LogP contribution in [0.15, 0.2) is 54.7 Å². The summed E-state index contributed by atoms with van der Waals surface area (Å²) in [5, 5.41) is 19.3. The first-order valence-electron chi connectivity index (χ1n) is 8.50. The average molecular weight is 348 g/mol. The fraction of sp³-hybridized carbons (Fsp3) is 0.238. The minimum Gasteiger partial charge on any atom is -0.549 e. The molecular formula is C21H22N3O2-. The van der Waals surface area contributed by atoms with Crippen LogP contribution in [0.4, 0.5) is 11.5 Å². The Bertz CT molecular complexity index is 920. The number of aliphatic carboxylic acids is 1. The maximum Gasteiger partial charge on any atom is 0.152 e. The highest BCUT2D eigenvalue weighted by Crippen LogP contribution is 2.32. The molecule has 0 amide bonds. The zero-order valence-electron chi connectivity index (χ0n) is 15.4. The number of aryl methyl sites for hydroxylation is 2. The second-order valence-electron chi connectivity index (χ2n) is 7.00. The highest BCUT2D eigenvalue weighted by atomic mass is 16.4. The largest absolute Gasteiger partial charge is 0.549 e. The molecule has 3 rings (SSSR count). The summed E-state index contributed by atoms with van der Waals surface area (Å²) in [6.45, 7) is 7.18. The number of nitrogens with one attached hydrogen (secondary N) is 1. The summed E-state index contributed by atoms with van der Waals surface area (Å²) < 4.78 is 1.80. The summed E-state index contributed by atoms with van der Waals surface area (Å²) in [7, 11) is 0. The van der Waals surface area contributed by atoms with Crippen LogP contribution in [0.1, 0.15) is 30.5 Å². The lowest BCUT2D eigenvalue weighted by atomic mass is 9.79. The third-order valence-electron chi connectivity index (χ3n) is 4.55. The molecule has 2 aromatic carbocycles. The van der Waals surface area contributed by atoms with Crippen molar-refractivity contribution in [3.8, 4) is 5.69 Å². The third-order valence-corrected chi connectivity index (χ3v) is 4.55. The number of rotatable bonds is 5. The van der Waals surface area contributed by atoms with Crippen LogP contribution < -0.4 is 10.4 Å². The lowest BCUT2D eigenvalue weighted by Crippen LogP contribution is -2.42. The molecule has 1 N–H and O–H groups in total. The summed E-state index contributed by atoms with van der Waals surface area (Å²) in [5.74, 6) is -0.356. The summed E-state index contributed by atoms with van der Waals surface area (Å²) in [5.41, 5.74) is 3.42. The monoisotopic (exact) mass is 348 g/mol. The Balaban J connectivity index is 1.88. The molecule has 26 heavy (non-hydrogen) atoms. The molecule has 0 saturated heterocycles. The Morgan fingerprint density at radius 2 is 1.69 bits per heavy atom. The molecule has 0 atom stereocenters. The number of aromatic nitrogens is 2. The summed E-state index contributed by atoms with van der Waals surface area (Å²) in [4.78, 5) is 11.5. The number of para-hydroxylation sites is 1. The summed E-state index contributed by atoms with van der Waals surface area (Å²) >= 11 is 0. The van der Waals surface area contributed by atoms with Crippen molar-refractivity contribution in [1.29, 1.82) is 0 Å². The Morgan fingerprint density at radius 3 is 2.27 bits per heavy atom. The molecule has 0 radical (unpaired) electrons. The molecule has 0 bridgehead atoms. The van der Waals surface area contributed by atoms with E-state index < -0.39 is 11.4 Å². The van der Waals surface area contributed by atoms with E-state index in [0.29, 0.717) is 0 Å². The molecular weight excluding hydrogens is 326 g/mol. The van der Waals surface area contributed by atoms with Crippen LogP contribution in [0.5, 0.6) is 0 Å². The number of hydrogen-bond acceptors (Lipinski definition) is 4. The van der Waals surface area contributed by atoms with Crippen LogP contribution in [0.3, 0.4) is 0 Å². The van der Waals surface area contributed by atoms with Gasteiger partial charge in [-0.2, -0.15) is 5.10 Å². The van der Waals surface area contributed by atoms with Gasteiger partial charge in [0.25, 0.3) is 0 Å². The van der Waals surface area contributed by atoms with Gasteiger partial charge in [0, 0.05) is 23.4 Å². The van der Waals surface area contributed by atoms with Crippen molar-refractivity contribution in [1.82, 2.24) is 9.78 Å². The van der Waals surface area contributed by atoms with Crippen molar-refractivity contribution in [3.63, 3.8) is 0 Å². The molecule has 0 unspecified atom stereocenters. The second-order valence-corrected chi connectivity index (χ2v) is 7.00. The van der Waals surface area contributed by atoms with Crippen LogP contribution >= 0.6 is 0 Å². The minimum atomic E-state index is -1.08. The molecule has 0 saturated carbocycles. The van der Waals surface area contributed by atoms with Crippen molar-refractivity contribution < 1.29 is 9.90 Å². The predicted octanol–water partition coefficient (Wildman–Crippen LogP) is 3.26. The van der Waals surface area contributed by atoms with Gasteiger partial charge in [0.05, 0.1) is 11.7 Å². The van der Waals surface area contributed by atoms with Gasteiger partial charge in [-0.05, 0) is 54.8 Å². The smallest absolute Gasteiger partial charge is 0.152 e. The zero-order chi connectivity index (χ0) is 18.9. The molecule has 0 aliphatic heterocycles. The van der Waals surface area contributed by atoms with Crippen molar-refractivity contribution in [2.45, 2.75) is 33.1 Å². The lowest BCUT2D eigenvalue weighted by molar-refractivity contribution is -0.312. The zero-order valence-corrected chi connectivity index (χ0v) is 15.4. The topological polar surface area (TPSA) is 70.0 Å². The number of carboxylic acids is 1. The molecule has 1 aromatic heterocycles. The first kappa shape index (κ1) is 17.7. The predicted molar refractivity (Wildman–Crippen MR) is 101 cm³/mol. The Morgan fingerprint density at radius 1 is 1.08 bits per heavy atom. The van der Waals surface area contributed by atoms with E-state index in [2.05, 4.69) is 10.4 Å². The molecule has 0 aliphatic rings. The normalized spacial score (nSPS) is 11.4. The van der Waals surface area contributed by atoms with E-state index in [1.165, 1.54) is 0 Å². The lowest BCUT2D eigenvalue weighted by Gasteiger charge is -2.30. The van der Waals surface area contributed by atoms with Crippen LogP contribution in [-0.4, -0.2) is 15.7 Å². The SMILES string of the molecule is Cc1cc(Nc2ccn(-c3ccccc3)n2)cc(C)c1C(C)(C)C(=O)[O-]. The second kappa shape index (κ2) is 6.67. The van der Waals surface area contributed by atoms with Gasteiger partial charge in [-0.15, -0.1) is 0 Å². The van der Waals surface area contributed by atoms with Crippen LogP contribution in [-0.2, 0) is 10.2 Å². The van der Waals surface area contributed by atoms with Gasteiger partial charge >= 0.3 is 0 Å². The standard InChI is InChI=1S/C21H23N3O2/c1-14-12-16(13-15(2)19(14)21(3,4)20(25)26)22-18-10-11-24(23-18)17-8-6-5-7-9-17/h5-13H,1-4H3,(H,22,23)(H,25,26)/p-1. The molecule has 3 aromatic rings. The van der Waals surface area contributed by atoms with E-state index in [0.717, 1.165) is 33.9 Å². The number of benzene rings is 2. The highest BCUT2D eigenvalue weighted by molar-refractivity contribution is 5.80. The van der Waals surface area contributed by atoms with Crippen LogP contribution in [0.25, 0.3) is 5.69 Å². The maximum absolute atomic E-state index is 11.5. The van der Waals surface area contributed by atoms with Crippen molar-refractivity contribution >= 4 is 17.5 Å². The van der Waals surface area contributed by atoms with Gasteiger partial charge in [-0.25, -0.2) is 4.68 Å². The fourth-order valence-electron chi connectivity index (χ4n) is 3.39. The molecule has 5 heteroatoms. The summed E-state index contributed by atoms with van der Waals surface area (Å²) in [6, 6.07) is 15.7. The average Bonchev–Trinajstić information content (AvgIpc) is 3.03. The first-order valence-corrected chi connectivity index (χ1v) is 8.50. The van der Waals surface area contributed by atoms with Crippen molar-refractivity contribution in [3.05, 3.63) is 71.4 Å². The molecule has 5 nitrogen and oxygen atoms in total. The van der Waals surface area contributed by atoms with E-state index in [-0.39, 0.29) is 0 Å². The van der Waals surface area contributed by atoms with Gasteiger partial charge < -0.3 is 15.2 Å². The number of nitrogens with zero attached hydrogens (tertiary/aromatic N) is 2. The van der Waals surface area contributed by atoms with E-state index in [1.54, 1.807) is 18.5 Å². The van der Waals surface area contributed by atoms with Crippen molar-refractivity contribution in [2.24, 2.45) is 0 Å². The Kier molecular flexibility index (Phi) is 4.55. The van der Waals surface area contributed by atoms with Gasteiger partial charge in [-0.3, -0.25) is 0 Å². The van der Waals surface area contributed by atoms with Gasteiger partial charge in [-0.1, -0.05) is 32.0 Å². The van der Waals surface area contributed by atoms with E-state index >= 15 is 0 Å². The number of carbonyl (C=O) groups is 1. The molecule has 0 fully saturated rings. The molecule has 134 valence electrons. The number of carboxylic acid groups (broad SMARTS) is 1. The quantitative estimate of drug-likeness (QED) is 0.768. The minimum absolute atomic E-state index is 0.722. The first-order chi connectivity index (χ1) is 12.3. The highest BCUT2D eigenvalue weighted by Gasteiger charge is 2.26. The number of hydrogen-bond donors (Lipinski definition) is 1. The number of carbonyl (C=O) groups excluding carboxylic acids is 1. The molecule has 1 heterocycles. The van der Waals surface area contributed by atoms with Gasteiger partial charge in [0.15, 0.2) is 5.82 Å². The van der Waals surface area contributed by atoms with E-state index in [1.807, 2.05) is 68.6 Å². The van der Waals surface area contributed by atoms with Crippen molar-refractivity contribution in [2.75, 3.05) is 5.32 Å². The summed E-state index contributed by atoms with van der Waals surface area (Å²) in [6.07, 6.45) is 1.89. The van der Waals surface area contributed by atoms with E-state index in [9.17, 15) is 9.90 Å². The van der Waals surface area contributed by atoms with Gasteiger partial charge in [0.2, 0.25) is 0 Å². The Labute approximate surface area is 153 Å². The fourth-order valence-corrected chi connectivity index (χ4v) is 3.39.